The van der Waals surface area contributed by atoms with Gasteiger partial charge in [0, 0.05) is 24.5 Å². The third-order valence-electron chi connectivity index (χ3n) is 4.02. The van der Waals surface area contributed by atoms with Crippen molar-refractivity contribution in [2.75, 3.05) is 36.5 Å². The Hall–Kier alpha value is -2.24. The summed E-state index contributed by atoms with van der Waals surface area (Å²) >= 11 is 6.05. The standard InChI is InChI=1S/C19H21ClN2O3/c1-14(25-18-5-3-2-4-17(18)20)19(23)21-15-6-8-16(9-7-15)22-10-12-24-13-11-22/h2-9,14H,10-13H2,1H3,(H,21,23)/t14-/m0/s1. The van der Waals surface area contributed by atoms with Gasteiger partial charge in [-0.1, -0.05) is 23.7 Å². The van der Waals surface area contributed by atoms with Gasteiger partial charge in [0.15, 0.2) is 6.10 Å². The lowest BCUT2D eigenvalue weighted by Crippen LogP contribution is -2.36. The van der Waals surface area contributed by atoms with Crippen molar-refractivity contribution in [1.29, 1.82) is 0 Å². The number of morpholine rings is 1. The minimum Gasteiger partial charge on any atom is -0.479 e. The van der Waals surface area contributed by atoms with Crippen LogP contribution < -0.4 is 15.0 Å². The van der Waals surface area contributed by atoms with E-state index in [9.17, 15) is 4.79 Å². The summed E-state index contributed by atoms with van der Waals surface area (Å²) in [7, 11) is 0. The highest BCUT2D eigenvalue weighted by Crippen LogP contribution is 2.24. The van der Waals surface area contributed by atoms with Gasteiger partial charge in [0.25, 0.3) is 5.91 Å². The van der Waals surface area contributed by atoms with Gasteiger partial charge in [0.1, 0.15) is 5.75 Å². The number of rotatable bonds is 5. The highest BCUT2D eigenvalue weighted by Gasteiger charge is 2.16. The van der Waals surface area contributed by atoms with Crippen LogP contribution in [0.5, 0.6) is 5.75 Å². The molecule has 2 aromatic rings. The Labute approximate surface area is 152 Å². The lowest BCUT2D eigenvalue weighted by Gasteiger charge is -2.29. The van der Waals surface area contributed by atoms with Gasteiger partial charge in [-0.25, -0.2) is 0 Å². The third kappa shape index (κ3) is 4.65. The number of nitrogens with zero attached hydrogens (tertiary/aromatic N) is 1. The molecule has 0 unspecified atom stereocenters. The minimum atomic E-state index is -0.654. The zero-order chi connectivity index (χ0) is 17.6. The first-order valence-electron chi connectivity index (χ1n) is 8.28. The molecule has 1 heterocycles. The topological polar surface area (TPSA) is 50.8 Å². The summed E-state index contributed by atoms with van der Waals surface area (Å²) in [5.74, 6) is 0.272. The lowest BCUT2D eigenvalue weighted by molar-refractivity contribution is -0.122. The molecule has 0 radical (unpaired) electrons. The Morgan fingerprint density at radius 2 is 1.84 bits per heavy atom. The van der Waals surface area contributed by atoms with Gasteiger partial charge in [0.05, 0.1) is 18.2 Å². The molecule has 0 spiro atoms. The Balaban J connectivity index is 1.57. The van der Waals surface area contributed by atoms with E-state index >= 15 is 0 Å². The quantitative estimate of drug-likeness (QED) is 0.885. The van der Waals surface area contributed by atoms with E-state index in [1.54, 1.807) is 19.1 Å². The molecule has 25 heavy (non-hydrogen) atoms. The maximum absolute atomic E-state index is 12.3. The number of hydrogen-bond donors (Lipinski definition) is 1. The molecule has 1 amide bonds. The van der Waals surface area contributed by atoms with Crippen molar-refractivity contribution in [3.8, 4) is 5.75 Å². The number of anilines is 2. The van der Waals surface area contributed by atoms with Crippen molar-refractivity contribution in [3.63, 3.8) is 0 Å². The number of halogens is 1. The Kier molecular flexibility index (Phi) is 5.79. The van der Waals surface area contributed by atoms with Gasteiger partial charge in [-0.2, -0.15) is 0 Å². The molecular weight excluding hydrogens is 340 g/mol. The molecule has 0 bridgehead atoms. The van der Waals surface area contributed by atoms with Crippen LogP contribution in [-0.2, 0) is 9.53 Å². The minimum absolute atomic E-state index is 0.223. The van der Waals surface area contributed by atoms with Crippen molar-refractivity contribution in [3.05, 3.63) is 53.6 Å². The predicted molar refractivity (Wildman–Crippen MR) is 99.6 cm³/mol. The summed E-state index contributed by atoms with van der Waals surface area (Å²) in [5.41, 5.74) is 1.86. The molecule has 1 aliphatic rings. The number of hydrogen-bond acceptors (Lipinski definition) is 4. The van der Waals surface area contributed by atoms with Crippen LogP contribution >= 0.6 is 11.6 Å². The normalized spacial score (nSPS) is 15.5. The van der Waals surface area contributed by atoms with Crippen LogP contribution in [0, 0.1) is 0 Å². The van der Waals surface area contributed by atoms with Crippen molar-refractivity contribution in [2.45, 2.75) is 13.0 Å². The summed E-state index contributed by atoms with van der Waals surface area (Å²) in [6.07, 6.45) is -0.654. The second kappa shape index (κ2) is 8.23. The number of para-hydroxylation sites is 1. The van der Waals surface area contributed by atoms with Crippen LogP contribution in [0.3, 0.4) is 0 Å². The fourth-order valence-corrected chi connectivity index (χ4v) is 2.79. The molecule has 1 atom stereocenters. The molecule has 6 heteroatoms. The van der Waals surface area contributed by atoms with Gasteiger partial charge in [-0.05, 0) is 43.3 Å². The number of nitrogens with one attached hydrogen (secondary N) is 1. The Morgan fingerprint density at radius 3 is 2.52 bits per heavy atom. The average Bonchev–Trinajstić information content (AvgIpc) is 2.65. The molecule has 0 aromatic heterocycles. The number of ether oxygens (including phenoxy) is 2. The maximum atomic E-state index is 12.3. The predicted octanol–water partition coefficient (Wildman–Crippen LogP) is 3.58. The van der Waals surface area contributed by atoms with Crippen molar-refractivity contribution >= 4 is 28.9 Å². The molecule has 1 fully saturated rings. The highest BCUT2D eigenvalue weighted by atomic mass is 35.5. The van der Waals surface area contributed by atoms with Crippen LogP contribution in [0.15, 0.2) is 48.5 Å². The summed E-state index contributed by atoms with van der Waals surface area (Å²) in [6, 6.07) is 14.9. The monoisotopic (exact) mass is 360 g/mol. The first-order chi connectivity index (χ1) is 12.1. The van der Waals surface area contributed by atoms with Crippen molar-refractivity contribution < 1.29 is 14.3 Å². The van der Waals surface area contributed by atoms with E-state index < -0.39 is 6.10 Å². The molecule has 0 aliphatic carbocycles. The van der Waals surface area contributed by atoms with Crippen LogP contribution in [0.4, 0.5) is 11.4 Å². The van der Waals surface area contributed by atoms with E-state index in [2.05, 4.69) is 10.2 Å². The average molecular weight is 361 g/mol. The fraction of sp³-hybridized carbons (Fsp3) is 0.316. The van der Waals surface area contributed by atoms with Crippen molar-refractivity contribution in [2.24, 2.45) is 0 Å². The van der Waals surface area contributed by atoms with Crippen molar-refractivity contribution in [1.82, 2.24) is 0 Å². The number of carbonyl (C=O) groups excluding carboxylic acids is 1. The number of benzene rings is 2. The summed E-state index contributed by atoms with van der Waals surface area (Å²) < 4.78 is 11.0. The largest absolute Gasteiger partial charge is 0.479 e. The molecule has 132 valence electrons. The van der Waals surface area contributed by atoms with E-state index in [0.717, 1.165) is 37.7 Å². The van der Waals surface area contributed by atoms with Crippen LogP contribution in [-0.4, -0.2) is 38.3 Å². The molecule has 1 N–H and O–H groups in total. The zero-order valence-electron chi connectivity index (χ0n) is 14.1. The van der Waals surface area contributed by atoms with E-state index in [-0.39, 0.29) is 5.91 Å². The number of amides is 1. The number of carbonyl (C=O) groups is 1. The van der Waals surface area contributed by atoms with Gasteiger partial charge in [-0.15, -0.1) is 0 Å². The first kappa shape index (κ1) is 17.6. The SMILES string of the molecule is C[C@H](Oc1ccccc1Cl)C(=O)Nc1ccc(N2CCOCC2)cc1. The summed E-state index contributed by atoms with van der Waals surface area (Å²) in [5, 5.41) is 3.34. The second-order valence-electron chi connectivity index (χ2n) is 5.83. The Morgan fingerprint density at radius 1 is 1.16 bits per heavy atom. The van der Waals surface area contributed by atoms with Crippen LogP contribution in [0.1, 0.15) is 6.92 Å². The molecule has 1 aliphatic heterocycles. The first-order valence-corrected chi connectivity index (χ1v) is 8.66. The van der Waals surface area contributed by atoms with Crippen LogP contribution in [0.25, 0.3) is 0 Å². The third-order valence-corrected chi connectivity index (χ3v) is 4.33. The van der Waals surface area contributed by atoms with Gasteiger partial charge < -0.3 is 19.7 Å². The highest BCUT2D eigenvalue weighted by molar-refractivity contribution is 6.32. The van der Waals surface area contributed by atoms with E-state index in [4.69, 9.17) is 21.1 Å². The smallest absolute Gasteiger partial charge is 0.265 e. The second-order valence-corrected chi connectivity index (χ2v) is 6.23. The van der Waals surface area contributed by atoms with Gasteiger partial charge >= 0.3 is 0 Å². The maximum Gasteiger partial charge on any atom is 0.265 e. The summed E-state index contributed by atoms with van der Waals surface area (Å²) in [6.45, 7) is 4.95. The molecule has 3 rings (SSSR count). The van der Waals surface area contributed by atoms with E-state index in [1.165, 1.54) is 0 Å². The molecule has 5 nitrogen and oxygen atoms in total. The fourth-order valence-electron chi connectivity index (χ4n) is 2.61. The summed E-state index contributed by atoms with van der Waals surface area (Å²) in [4.78, 5) is 14.6. The zero-order valence-corrected chi connectivity index (χ0v) is 14.8. The lowest BCUT2D eigenvalue weighted by atomic mass is 10.2. The van der Waals surface area contributed by atoms with Crippen LogP contribution in [0.2, 0.25) is 5.02 Å². The molecule has 1 saturated heterocycles. The Bertz CT molecular complexity index is 715. The van der Waals surface area contributed by atoms with E-state index in [1.807, 2.05) is 36.4 Å². The molecule has 2 aromatic carbocycles. The molecule has 0 saturated carbocycles. The van der Waals surface area contributed by atoms with Gasteiger partial charge in [-0.3, -0.25) is 4.79 Å². The molecular formula is C19H21ClN2O3. The van der Waals surface area contributed by atoms with E-state index in [0.29, 0.717) is 10.8 Å². The van der Waals surface area contributed by atoms with Gasteiger partial charge in [0.2, 0.25) is 0 Å².